The second-order valence-corrected chi connectivity index (χ2v) is 5.49. The van der Waals surface area contributed by atoms with Gasteiger partial charge in [-0.2, -0.15) is 0 Å². The van der Waals surface area contributed by atoms with Gasteiger partial charge in [-0.1, -0.05) is 23.8 Å². The SMILES string of the molecule is Cc1ccc(C)c(C2C[C@@H](N)c3cc(F)ccc3O2)c1. The van der Waals surface area contributed by atoms with Crippen LogP contribution in [0.3, 0.4) is 0 Å². The number of ether oxygens (including phenoxy) is 1. The van der Waals surface area contributed by atoms with Gasteiger partial charge in [-0.05, 0) is 43.2 Å². The van der Waals surface area contributed by atoms with Crippen molar-refractivity contribution in [1.29, 1.82) is 0 Å². The van der Waals surface area contributed by atoms with Crippen molar-refractivity contribution >= 4 is 0 Å². The summed E-state index contributed by atoms with van der Waals surface area (Å²) >= 11 is 0. The Morgan fingerprint density at radius 3 is 2.70 bits per heavy atom. The van der Waals surface area contributed by atoms with Gasteiger partial charge in [-0.3, -0.25) is 0 Å². The van der Waals surface area contributed by atoms with Crippen molar-refractivity contribution in [3.8, 4) is 5.75 Å². The molecular weight excluding hydrogens is 253 g/mol. The molecule has 0 saturated carbocycles. The van der Waals surface area contributed by atoms with Crippen LogP contribution in [0.4, 0.5) is 4.39 Å². The highest BCUT2D eigenvalue weighted by Crippen LogP contribution is 2.40. The van der Waals surface area contributed by atoms with Gasteiger partial charge in [-0.15, -0.1) is 0 Å². The Labute approximate surface area is 118 Å². The Kier molecular flexibility index (Phi) is 3.22. The molecule has 0 radical (unpaired) electrons. The molecule has 104 valence electrons. The fraction of sp³-hybridized carbons (Fsp3) is 0.294. The van der Waals surface area contributed by atoms with E-state index in [9.17, 15) is 4.39 Å². The molecule has 20 heavy (non-hydrogen) atoms. The first-order chi connectivity index (χ1) is 9.54. The van der Waals surface area contributed by atoms with Crippen LogP contribution in [0.2, 0.25) is 0 Å². The largest absolute Gasteiger partial charge is 0.485 e. The molecule has 3 heteroatoms. The Balaban J connectivity index is 1.99. The summed E-state index contributed by atoms with van der Waals surface area (Å²) < 4.78 is 19.3. The van der Waals surface area contributed by atoms with Gasteiger partial charge in [0.05, 0.1) is 0 Å². The summed E-state index contributed by atoms with van der Waals surface area (Å²) in [5, 5.41) is 0. The summed E-state index contributed by atoms with van der Waals surface area (Å²) in [7, 11) is 0. The number of nitrogens with two attached hydrogens (primary N) is 1. The number of benzene rings is 2. The van der Waals surface area contributed by atoms with Crippen LogP contribution >= 0.6 is 0 Å². The van der Waals surface area contributed by atoms with E-state index in [2.05, 4.69) is 32.0 Å². The maximum Gasteiger partial charge on any atom is 0.126 e. The highest BCUT2D eigenvalue weighted by molar-refractivity contribution is 5.41. The Hall–Kier alpha value is -1.87. The minimum Gasteiger partial charge on any atom is -0.485 e. The lowest BCUT2D eigenvalue weighted by Crippen LogP contribution is -2.24. The summed E-state index contributed by atoms with van der Waals surface area (Å²) in [4.78, 5) is 0. The van der Waals surface area contributed by atoms with Gasteiger partial charge in [-0.25, -0.2) is 4.39 Å². The van der Waals surface area contributed by atoms with E-state index in [0.29, 0.717) is 12.2 Å². The van der Waals surface area contributed by atoms with E-state index in [-0.39, 0.29) is 18.0 Å². The maximum absolute atomic E-state index is 13.3. The highest BCUT2D eigenvalue weighted by Gasteiger charge is 2.28. The molecule has 0 amide bonds. The van der Waals surface area contributed by atoms with Gasteiger partial charge in [0.25, 0.3) is 0 Å². The zero-order valence-corrected chi connectivity index (χ0v) is 11.7. The molecule has 0 aliphatic carbocycles. The van der Waals surface area contributed by atoms with Crippen LogP contribution in [0.25, 0.3) is 0 Å². The van der Waals surface area contributed by atoms with Crippen molar-refractivity contribution in [3.05, 3.63) is 64.5 Å². The van der Waals surface area contributed by atoms with E-state index in [1.165, 1.54) is 23.3 Å². The van der Waals surface area contributed by atoms with E-state index in [1.807, 2.05) is 0 Å². The van der Waals surface area contributed by atoms with Gasteiger partial charge in [0, 0.05) is 18.0 Å². The number of halogens is 1. The third-order valence-electron chi connectivity index (χ3n) is 3.89. The standard InChI is InChI=1S/C17H18FNO/c1-10-3-4-11(2)13(7-10)17-9-15(19)14-8-12(18)5-6-16(14)20-17/h3-8,15,17H,9,19H2,1-2H3/t15-,17?/m1/s1. The van der Waals surface area contributed by atoms with E-state index in [1.54, 1.807) is 6.07 Å². The lowest BCUT2D eigenvalue weighted by Gasteiger charge is -2.31. The number of fused-ring (bicyclic) bond motifs is 1. The van der Waals surface area contributed by atoms with Crippen LogP contribution in [0.5, 0.6) is 5.75 Å². The summed E-state index contributed by atoms with van der Waals surface area (Å²) in [6, 6.07) is 10.7. The predicted octanol–water partition coefficient (Wildman–Crippen LogP) is 3.97. The molecule has 2 aromatic rings. The molecule has 0 aromatic heterocycles. The Morgan fingerprint density at radius 1 is 1.10 bits per heavy atom. The van der Waals surface area contributed by atoms with Crippen molar-refractivity contribution in [2.45, 2.75) is 32.4 Å². The van der Waals surface area contributed by atoms with E-state index >= 15 is 0 Å². The van der Waals surface area contributed by atoms with Crippen LogP contribution in [-0.4, -0.2) is 0 Å². The second kappa shape index (κ2) is 4.91. The van der Waals surface area contributed by atoms with Gasteiger partial charge in [0.1, 0.15) is 17.7 Å². The molecule has 3 rings (SSSR count). The molecule has 0 fully saturated rings. The molecule has 0 bridgehead atoms. The van der Waals surface area contributed by atoms with Crippen molar-refractivity contribution in [1.82, 2.24) is 0 Å². The minimum atomic E-state index is -0.270. The molecule has 1 heterocycles. The molecule has 0 saturated heterocycles. The normalized spacial score (nSPS) is 21.2. The van der Waals surface area contributed by atoms with Crippen molar-refractivity contribution in [2.75, 3.05) is 0 Å². The third kappa shape index (κ3) is 2.29. The Bertz CT molecular complexity index is 653. The Morgan fingerprint density at radius 2 is 1.90 bits per heavy atom. The summed E-state index contributed by atoms with van der Waals surface area (Å²) in [6.45, 7) is 4.14. The summed E-state index contributed by atoms with van der Waals surface area (Å²) in [6.07, 6.45) is 0.601. The average Bonchev–Trinajstić information content (AvgIpc) is 2.42. The quantitative estimate of drug-likeness (QED) is 0.852. The van der Waals surface area contributed by atoms with Gasteiger partial charge >= 0.3 is 0 Å². The number of aryl methyl sites for hydroxylation is 2. The lowest BCUT2D eigenvalue weighted by molar-refractivity contribution is 0.160. The lowest BCUT2D eigenvalue weighted by atomic mass is 9.91. The maximum atomic E-state index is 13.3. The fourth-order valence-corrected chi connectivity index (χ4v) is 2.77. The summed E-state index contributed by atoms with van der Waals surface area (Å²) in [5.74, 6) is 0.420. The van der Waals surface area contributed by atoms with Crippen LogP contribution in [-0.2, 0) is 0 Å². The number of hydrogen-bond donors (Lipinski definition) is 1. The molecule has 2 atom stereocenters. The topological polar surface area (TPSA) is 35.2 Å². The first kappa shape index (κ1) is 13.1. The molecule has 2 nitrogen and oxygen atoms in total. The molecule has 1 aliphatic rings. The van der Waals surface area contributed by atoms with Gasteiger partial charge in [0.2, 0.25) is 0 Å². The van der Waals surface area contributed by atoms with Crippen molar-refractivity contribution in [2.24, 2.45) is 5.73 Å². The van der Waals surface area contributed by atoms with Crippen molar-refractivity contribution < 1.29 is 9.13 Å². The molecule has 2 aromatic carbocycles. The highest BCUT2D eigenvalue weighted by atomic mass is 19.1. The molecule has 1 unspecified atom stereocenters. The molecular formula is C17H18FNO. The monoisotopic (exact) mass is 271 g/mol. The second-order valence-electron chi connectivity index (χ2n) is 5.49. The third-order valence-corrected chi connectivity index (χ3v) is 3.89. The molecule has 2 N–H and O–H groups in total. The number of rotatable bonds is 1. The predicted molar refractivity (Wildman–Crippen MR) is 77.2 cm³/mol. The number of hydrogen-bond acceptors (Lipinski definition) is 2. The van der Waals surface area contributed by atoms with E-state index in [0.717, 1.165) is 11.1 Å². The first-order valence-electron chi connectivity index (χ1n) is 6.83. The fourth-order valence-electron chi connectivity index (χ4n) is 2.77. The van der Waals surface area contributed by atoms with Crippen LogP contribution < -0.4 is 10.5 Å². The van der Waals surface area contributed by atoms with Gasteiger partial charge < -0.3 is 10.5 Å². The zero-order valence-electron chi connectivity index (χ0n) is 11.7. The smallest absolute Gasteiger partial charge is 0.126 e. The first-order valence-corrected chi connectivity index (χ1v) is 6.83. The van der Waals surface area contributed by atoms with Crippen molar-refractivity contribution in [3.63, 3.8) is 0 Å². The van der Waals surface area contributed by atoms with E-state index < -0.39 is 0 Å². The average molecular weight is 271 g/mol. The van der Waals surface area contributed by atoms with Crippen LogP contribution in [0.1, 0.15) is 40.8 Å². The van der Waals surface area contributed by atoms with Crippen LogP contribution in [0, 0.1) is 19.7 Å². The van der Waals surface area contributed by atoms with Crippen LogP contribution in [0.15, 0.2) is 36.4 Å². The summed E-state index contributed by atoms with van der Waals surface area (Å²) in [5.41, 5.74) is 10.5. The minimum absolute atomic E-state index is 0.0668. The molecule has 0 spiro atoms. The molecule has 1 aliphatic heterocycles. The van der Waals surface area contributed by atoms with Gasteiger partial charge in [0.15, 0.2) is 0 Å². The van der Waals surface area contributed by atoms with E-state index in [4.69, 9.17) is 10.5 Å². The zero-order chi connectivity index (χ0) is 14.3.